The van der Waals surface area contributed by atoms with Gasteiger partial charge in [0.05, 0.1) is 19.3 Å². The van der Waals surface area contributed by atoms with Crippen LogP contribution < -0.4 is 5.73 Å². The molecule has 1 saturated carbocycles. The van der Waals surface area contributed by atoms with Crippen LogP contribution in [0.2, 0.25) is 0 Å². The molecule has 1 saturated heterocycles. The molecule has 2 aliphatic rings. The topological polar surface area (TPSA) is 55.6 Å². The van der Waals surface area contributed by atoms with E-state index in [1.807, 2.05) is 4.90 Å². The molecule has 0 aromatic heterocycles. The number of carbonyl (C=O) groups is 1. The highest BCUT2D eigenvalue weighted by atomic mass is 16.5. The Bertz CT molecular complexity index is 311. The summed E-state index contributed by atoms with van der Waals surface area (Å²) in [7, 11) is 0. The summed E-state index contributed by atoms with van der Waals surface area (Å²) in [6.07, 6.45) is 5.50. The molecule has 1 heterocycles. The quantitative estimate of drug-likeness (QED) is 0.845. The fraction of sp³-hybridized carbons (Fsp3) is 0.933. The molecule has 2 rings (SSSR count). The van der Waals surface area contributed by atoms with Crippen molar-refractivity contribution in [3.05, 3.63) is 0 Å². The van der Waals surface area contributed by atoms with Crippen LogP contribution in [0.4, 0.5) is 0 Å². The maximum atomic E-state index is 13.0. The van der Waals surface area contributed by atoms with Gasteiger partial charge in [-0.15, -0.1) is 0 Å². The van der Waals surface area contributed by atoms with Crippen molar-refractivity contribution < 1.29 is 9.53 Å². The zero-order valence-corrected chi connectivity index (χ0v) is 12.4. The van der Waals surface area contributed by atoms with Crippen LogP contribution >= 0.6 is 0 Å². The van der Waals surface area contributed by atoms with Crippen molar-refractivity contribution in [2.75, 3.05) is 26.3 Å². The molecule has 1 amide bonds. The van der Waals surface area contributed by atoms with Crippen LogP contribution in [0.3, 0.4) is 0 Å². The van der Waals surface area contributed by atoms with Crippen LogP contribution in [-0.2, 0) is 9.53 Å². The monoisotopic (exact) mass is 268 g/mol. The molecule has 2 fully saturated rings. The highest BCUT2D eigenvalue weighted by Crippen LogP contribution is 2.45. The number of morpholine rings is 1. The van der Waals surface area contributed by atoms with E-state index < -0.39 is 0 Å². The van der Waals surface area contributed by atoms with Gasteiger partial charge in [-0.25, -0.2) is 0 Å². The van der Waals surface area contributed by atoms with Gasteiger partial charge in [0, 0.05) is 18.5 Å². The molecular formula is C15H28N2O2. The SMILES string of the molecule is CC(C)CC1(C(=O)N2CCOCC2CN)CCCC1. The van der Waals surface area contributed by atoms with Gasteiger partial charge in [0.15, 0.2) is 0 Å². The Hall–Kier alpha value is -0.610. The van der Waals surface area contributed by atoms with Crippen LogP contribution in [0.15, 0.2) is 0 Å². The van der Waals surface area contributed by atoms with Gasteiger partial charge in [-0.1, -0.05) is 26.7 Å². The van der Waals surface area contributed by atoms with E-state index in [0.717, 1.165) is 19.3 Å². The molecule has 1 unspecified atom stereocenters. The van der Waals surface area contributed by atoms with E-state index in [1.54, 1.807) is 0 Å². The maximum Gasteiger partial charge on any atom is 0.229 e. The fourth-order valence-corrected chi connectivity index (χ4v) is 3.76. The molecule has 19 heavy (non-hydrogen) atoms. The van der Waals surface area contributed by atoms with E-state index in [9.17, 15) is 4.79 Å². The molecular weight excluding hydrogens is 240 g/mol. The molecule has 0 spiro atoms. The van der Waals surface area contributed by atoms with Crippen LogP contribution in [0, 0.1) is 11.3 Å². The summed E-state index contributed by atoms with van der Waals surface area (Å²) in [5.74, 6) is 0.914. The Morgan fingerprint density at radius 1 is 1.42 bits per heavy atom. The van der Waals surface area contributed by atoms with Gasteiger partial charge in [-0.2, -0.15) is 0 Å². The molecule has 4 nitrogen and oxygen atoms in total. The zero-order valence-electron chi connectivity index (χ0n) is 12.4. The number of rotatable bonds is 4. The number of ether oxygens (including phenoxy) is 1. The highest BCUT2D eigenvalue weighted by molar-refractivity contribution is 5.83. The zero-order chi connectivity index (χ0) is 13.9. The molecule has 4 heteroatoms. The van der Waals surface area contributed by atoms with Crippen LogP contribution in [0.5, 0.6) is 0 Å². The van der Waals surface area contributed by atoms with E-state index in [2.05, 4.69) is 13.8 Å². The van der Waals surface area contributed by atoms with Crippen molar-refractivity contribution in [1.29, 1.82) is 0 Å². The molecule has 110 valence electrons. The second-order valence-corrected chi connectivity index (χ2v) is 6.55. The summed E-state index contributed by atoms with van der Waals surface area (Å²) in [6, 6.07) is 0.0749. The average Bonchev–Trinajstić information content (AvgIpc) is 2.86. The number of hydrogen-bond donors (Lipinski definition) is 1. The third-order valence-corrected chi connectivity index (χ3v) is 4.57. The first-order valence-corrected chi connectivity index (χ1v) is 7.68. The predicted molar refractivity (Wildman–Crippen MR) is 75.7 cm³/mol. The lowest BCUT2D eigenvalue weighted by Crippen LogP contribution is -2.56. The van der Waals surface area contributed by atoms with Gasteiger partial charge in [0.25, 0.3) is 0 Å². The smallest absolute Gasteiger partial charge is 0.229 e. The summed E-state index contributed by atoms with van der Waals surface area (Å²) in [5, 5.41) is 0. The normalized spacial score (nSPS) is 26.9. The first kappa shape index (κ1) is 14.8. The van der Waals surface area contributed by atoms with Crippen molar-refractivity contribution >= 4 is 5.91 Å². The number of carbonyl (C=O) groups excluding carboxylic acids is 1. The minimum Gasteiger partial charge on any atom is -0.377 e. The van der Waals surface area contributed by atoms with E-state index in [1.165, 1.54) is 12.8 Å². The minimum atomic E-state index is -0.112. The first-order chi connectivity index (χ1) is 9.09. The van der Waals surface area contributed by atoms with E-state index in [4.69, 9.17) is 10.5 Å². The number of nitrogens with zero attached hydrogens (tertiary/aromatic N) is 1. The van der Waals surface area contributed by atoms with Crippen molar-refractivity contribution in [2.24, 2.45) is 17.1 Å². The molecule has 1 aliphatic heterocycles. The Balaban J connectivity index is 2.14. The number of hydrogen-bond acceptors (Lipinski definition) is 3. The third kappa shape index (κ3) is 3.11. The molecule has 1 atom stereocenters. The second-order valence-electron chi connectivity index (χ2n) is 6.55. The molecule has 0 bridgehead atoms. The Morgan fingerprint density at radius 2 is 2.11 bits per heavy atom. The van der Waals surface area contributed by atoms with Gasteiger partial charge < -0.3 is 15.4 Å². The Labute approximate surface area is 116 Å². The highest BCUT2D eigenvalue weighted by Gasteiger charge is 2.45. The van der Waals surface area contributed by atoms with Gasteiger partial charge in [0.2, 0.25) is 5.91 Å². The van der Waals surface area contributed by atoms with Crippen LogP contribution in [-0.4, -0.2) is 43.2 Å². The average molecular weight is 268 g/mol. The number of amides is 1. The summed E-state index contributed by atoms with van der Waals surface area (Å²) < 4.78 is 5.46. The first-order valence-electron chi connectivity index (χ1n) is 7.68. The molecule has 0 radical (unpaired) electrons. The minimum absolute atomic E-state index is 0.0749. The maximum absolute atomic E-state index is 13.0. The predicted octanol–water partition coefficient (Wildman–Crippen LogP) is 1.78. The Morgan fingerprint density at radius 3 is 2.68 bits per heavy atom. The van der Waals surface area contributed by atoms with Crippen molar-refractivity contribution in [2.45, 2.75) is 52.0 Å². The van der Waals surface area contributed by atoms with Gasteiger partial charge in [0.1, 0.15) is 0 Å². The lowest BCUT2D eigenvalue weighted by Gasteiger charge is -2.41. The standard InChI is InChI=1S/C15H28N2O2/c1-12(2)9-15(5-3-4-6-15)14(18)17-7-8-19-11-13(17)10-16/h12-13H,3-11,16H2,1-2H3. The van der Waals surface area contributed by atoms with E-state index in [0.29, 0.717) is 38.1 Å². The summed E-state index contributed by atoms with van der Waals surface area (Å²) >= 11 is 0. The van der Waals surface area contributed by atoms with Gasteiger partial charge in [-0.05, 0) is 25.2 Å². The lowest BCUT2D eigenvalue weighted by atomic mass is 9.77. The van der Waals surface area contributed by atoms with Crippen molar-refractivity contribution in [3.63, 3.8) is 0 Å². The molecule has 2 N–H and O–H groups in total. The molecule has 1 aliphatic carbocycles. The van der Waals surface area contributed by atoms with Crippen molar-refractivity contribution in [1.82, 2.24) is 4.90 Å². The Kier molecular flexibility index (Phi) is 4.85. The summed E-state index contributed by atoms with van der Waals surface area (Å²) in [6.45, 7) is 6.89. The van der Waals surface area contributed by atoms with E-state index >= 15 is 0 Å². The summed E-state index contributed by atoms with van der Waals surface area (Å²) in [5.41, 5.74) is 5.69. The fourth-order valence-electron chi connectivity index (χ4n) is 3.76. The van der Waals surface area contributed by atoms with Gasteiger partial charge >= 0.3 is 0 Å². The lowest BCUT2D eigenvalue weighted by molar-refractivity contribution is -0.151. The molecule has 0 aromatic carbocycles. The van der Waals surface area contributed by atoms with Crippen LogP contribution in [0.25, 0.3) is 0 Å². The molecule has 0 aromatic rings. The van der Waals surface area contributed by atoms with Crippen LogP contribution in [0.1, 0.15) is 46.0 Å². The third-order valence-electron chi connectivity index (χ3n) is 4.57. The number of nitrogens with two attached hydrogens (primary N) is 1. The summed E-state index contributed by atoms with van der Waals surface area (Å²) in [4.78, 5) is 15.1. The largest absolute Gasteiger partial charge is 0.377 e. The van der Waals surface area contributed by atoms with E-state index in [-0.39, 0.29) is 11.5 Å². The van der Waals surface area contributed by atoms with Crippen molar-refractivity contribution in [3.8, 4) is 0 Å². The second kappa shape index (κ2) is 6.23. The van der Waals surface area contributed by atoms with Gasteiger partial charge in [-0.3, -0.25) is 4.79 Å².